The molecule has 0 saturated carbocycles. The van der Waals surface area contributed by atoms with E-state index < -0.39 is 0 Å². The second kappa shape index (κ2) is 8.64. The van der Waals surface area contributed by atoms with Crippen molar-refractivity contribution in [1.29, 1.82) is 0 Å². The number of hydrogen-bond acceptors (Lipinski definition) is 1. The Kier molecular flexibility index (Phi) is 6.04. The molecule has 26 heavy (non-hydrogen) atoms. The lowest BCUT2D eigenvalue weighted by Crippen LogP contribution is -2.10. The van der Waals surface area contributed by atoms with E-state index in [0.29, 0.717) is 0 Å². The van der Waals surface area contributed by atoms with Crippen LogP contribution in [0, 0.1) is 0 Å². The Morgan fingerprint density at radius 2 is 1.15 bits per heavy atom. The van der Waals surface area contributed by atoms with Crippen molar-refractivity contribution in [3.63, 3.8) is 0 Å². The molecule has 132 valence electrons. The summed E-state index contributed by atoms with van der Waals surface area (Å²) in [6.07, 6.45) is 0.994. The van der Waals surface area contributed by atoms with Gasteiger partial charge in [-0.3, -0.25) is 0 Å². The summed E-state index contributed by atoms with van der Waals surface area (Å²) >= 11 is 0. The van der Waals surface area contributed by atoms with Crippen LogP contribution in [0.2, 0.25) is 0 Å². The molecule has 0 aliphatic carbocycles. The summed E-state index contributed by atoms with van der Waals surface area (Å²) in [5.41, 5.74) is 7.90. The van der Waals surface area contributed by atoms with Gasteiger partial charge >= 0.3 is 0 Å². The Labute approximate surface area is 157 Å². The Balaban J connectivity index is 2.14. The Hall–Kier alpha value is -2.64. The summed E-state index contributed by atoms with van der Waals surface area (Å²) in [6, 6.07) is 30.5. The third-order valence-corrected chi connectivity index (χ3v) is 4.58. The zero-order valence-electron chi connectivity index (χ0n) is 15.9. The van der Waals surface area contributed by atoms with Gasteiger partial charge in [-0.1, -0.05) is 91.9 Å². The van der Waals surface area contributed by atoms with Crippen LogP contribution in [-0.4, -0.2) is 19.0 Å². The van der Waals surface area contributed by atoms with Crippen LogP contribution in [0.4, 0.5) is 0 Å². The molecule has 0 unspecified atom stereocenters. The highest BCUT2D eigenvalue weighted by Gasteiger charge is 2.12. The maximum atomic E-state index is 2.26. The van der Waals surface area contributed by atoms with Crippen LogP contribution >= 0.6 is 0 Å². The van der Waals surface area contributed by atoms with Crippen molar-refractivity contribution < 1.29 is 0 Å². The molecular weight excluding hydrogens is 314 g/mol. The summed E-state index contributed by atoms with van der Waals surface area (Å²) in [6.45, 7) is 3.20. The van der Waals surface area contributed by atoms with Gasteiger partial charge in [-0.15, -0.1) is 0 Å². The van der Waals surface area contributed by atoms with Crippen molar-refractivity contribution in [3.05, 3.63) is 107 Å². The lowest BCUT2D eigenvalue weighted by Gasteiger charge is -2.17. The second-order valence-corrected chi connectivity index (χ2v) is 6.87. The van der Waals surface area contributed by atoms with Crippen LogP contribution < -0.4 is 0 Å². The van der Waals surface area contributed by atoms with E-state index in [1.54, 1.807) is 0 Å². The van der Waals surface area contributed by atoms with E-state index in [2.05, 4.69) is 111 Å². The first-order valence-electron chi connectivity index (χ1n) is 9.27. The molecule has 0 N–H and O–H groups in total. The molecule has 0 bridgehead atoms. The monoisotopic (exact) mass is 341 g/mol. The molecule has 3 aromatic carbocycles. The van der Waals surface area contributed by atoms with Gasteiger partial charge < -0.3 is 4.90 Å². The largest absolute Gasteiger partial charge is 0.305 e. The summed E-state index contributed by atoms with van der Waals surface area (Å²) in [4.78, 5) is 2.20. The van der Waals surface area contributed by atoms with E-state index in [4.69, 9.17) is 0 Å². The molecule has 0 spiro atoms. The van der Waals surface area contributed by atoms with Crippen molar-refractivity contribution in [2.24, 2.45) is 0 Å². The van der Waals surface area contributed by atoms with Crippen LogP contribution in [0.3, 0.4) is 0 Å². The van der Waals surface area contributed by atoms with Gasteiger partial charge in [0.15, 0.2) is 0 Å². The molecular formula is C25H27N. The zero-order chi connectivity index (χ0) is 18.4. The van der Waals surface area contributed by atoms with Gasteiger partial charge in [0.2, 0.25) is 0 Å². The van der Waals surface area contributed by atoms with Crippen molar-refractivity contribution in [2.75, 3.05) is 14.1 Å². The van der Waals surface area contributed by atoms with E-state index in [1.165, 1.54) is 33.4 Å². The van der Waals surface area contributed by atoms with Crippen molar-refractivity contribution in [1.82, 2.24) is 4.90 Å². The Morgan fingerprint density at radius 1 is 0.654 bits per heavy atom. The molecule has 0 aromatic heterocycles. The Morgan fingerprint density at radius 3 is 1.65 bits per heavy atom. The fourth-order valence-electron chi connectivity index (χ4n) is 3.43. The summed E-state index contributed by atoms with van der Waals surface area (Å²) in [7, 11) is 4.21. The minimum Gasteiger partial charge on any atom is -0.305 e. The van der Waals surface area contributed by atoms with Gasteiger partial charge in [-0.05, 0) is 53.9 Å². The molecule has 0 aliphatic heterocycles. The van der Waals surface area contributed by atoms with Gasteiger partial charge in [-0.2, -0.15) is 0 Å². The summed E-state index contributed by atoms with van der Waals surface area (Å²) in [5, 5.41) is 0. The van der Waals surface area contributed by atoms with Crippen molar-refractivity contribution in [2.45, 2.75) is 19.9 Å². The van der Waals surface area contributed by atoms with Crippen LogP contribution in [0.25, 0.3) is 11.1 Å². The number of nitrogens with zero attached hydrogens (tertiary/aromatic N) is 1. The van der Waals surface area contributed by atoms with Gasteiger partial charge in [0.1, 0.15) is 0 Å². The van der Waals surface area contributed by atoms with Crippen LogP contribution in [0.15, 0.2) is 84.9 Å². The Bertz CT molecular complexity index is 844. The molecule has 0 fully saturated rings. The number of benzene rings is 3. The highest BCUT2D eigenvalue weighted by molar-refractivity contribution is 5.98. The van der Waals surface area contributed by atoms with Crippen molar-refractivity contribution >= 4 is 11.1 Å². The van der Waals surface area contributed by atoms with Crippen LogP contribution in [0.1, 0.15) is 35.6 Å². The van der Waals surface area contributed by atoms with Gasteiger partial charge in [0, 0.05) is 6.54 Å². The minimum absolute atomic E-state index is 0.962. The molecule has 1 nitrogen and oxygen atoms in total. The molecule has 0 heterocycles. The fourth-order valence-corrected chi connectivity index (χ4v) is 3.43. The maximum absolute atomic E-state index is 2.26. The maximum Gasteiger partial charge on any atom is 0.0227 e. The van der Waals surface area contributed by atoms with Crippen molar-refractivity contribution in [3.8, 4) is 0 Å². The topological polar surface area (TPSA) is 3.24 Å². The van der Waals surface area contributed by atoms with Crippen LogP contribution in [0.5, 0.6) is 0 Å². The molecule has 0 saturated heterocycles. The molecule has 0 aliphatic rings. The standard InChI is InChI=1S/C25H27N/c1-4-24(21-11-7-5-8-12-21)25(22-13-9-6-10-14-22)23-17-15-20(16-18-23)19-26(2)3/h5-18H,4,19H2,1-3H3/b25-24-. The smallest absolute Gasteiger partial charge is 0.0227 e. The highest BCUT2D eigenvalue weighted by atomic mass is 15.0. The first-order chi connectivity index (χ1) is 12.7. The summed E-state index contributed by atoms with van der Waals surface area (Å²) < 4.78 is 0. The molecule has 3 rings (SSSR count). The lowest BCUT2D eigenvalue weighted by molar-refractivity contribution is 0.402. The minimum atomic E-state index is 0.962. The van der Waals surface area contributed by atoms with E-state index in [9.17, 15) is 0 Å². The zero-order valence-corrected chi connectivity index (χ0v) is 15.9. The van der Waals surface area contributed by atoms with E-state index >= 15 is 0 Å². The summed E-state index contributed by atoms with van der Waals surface area (Å²) in [5.74, 6) is 0. The molecule has 0 atom stereocenters. The van der Waals surface area contributed by atoms with E-state index in [0.717, 1.165) is 13.0 Å². The predicted octanol–water partition coefficient (Wildman–Crippen LogP) is 6.12. The lowest BCUT2D eigenvalue weighted by atomic mass is 9.88. The molecule has 1 heteroatoms. The predicted molar refractivity (Wildman–Crippen MR) is 113 cm³/mol. The number of rotatable bonds is 6. The van der Waals surface area contributed by atoms with Gasteiger partial charge in [0.25, 0.3) is 0 Å². The molecule has 3 aromatic rings. The number of hydrogen-bond donors (Lipinski definition) is 0. The van der Waals surface area contributed by atoms with Gasteiger partial charge in [-0.25, -0.2) is 0 Å². The third-order valence-electron chi connectivity index (χ3n) is 4.58. The van der Waals surface area contributed by atoms with E-state index in [1.807, 2.05) is 0 Å². The second-order valence-electron chi connectivity index (χ2n) is 6.87. The SMILES string of the molecule is CC/C(=C(\c1ccccc1)c1ccc(CN(C)C)cc1)c1ccccc1. The molecule has 0 radical (unpaired) electrons. The average molecular weight is 341 g/mol. The first kappa shape index (κ1) is 18.2. The average Bonchev–Trinajstić information content (AvgIpc) is 2.68. The van der Waals surface area contributed by atoms with E-state index in [-0.39, 0.29) is 0 Å². The van der Waals surface area contributed by atoms with Crippen LogP contribution in [-0.2, 0) is 6.54 Å². The normalized spacial score (nSPS) is 12.2. The van der Waals surface area contributed by atoms with Gasteiger partial charge in [0.05, 0.1) is 0 Å². The molecule has 0 amide bonds. The number of allylic oxidation sites excluding steroid dienone is 1. The fraction of sp³-hybridized carbons (Fsp3) is 0.200. The quantitative estimate of drug-likeness (QED) is 0.488. The third kappa shape index (κ3) is 4.30. The highest BCUT2D eigenvalue weighted by Crippen LogP contribution is 2.34. The first-order valence-corrected chi connectivity index (χ1v) is 9.27.